The van der Waals surface area contributed by atoms with E-state index in [9.17, 15) is 0 Å². The van der Waals surface area contributed by atoms with Gasteiger partial charge in [-0.1, -0.05) is 0 Å². The van der Waals surface area contributed by atoms with E-state index >= 15 is 0 Å². The lowest BCUT2D eigenvalue weighted by molar-refractivity contribution is 0.357. The van der Waals surface area contributed by atoms with E-state index in [1.807, 2.05) is 24.4 Å². The molecule has 0 N–H and O–H groups in total. The zero-order valence-electron chi connectivity index (χ0n) is 6.48. The topological polar surface area (TPSA) is 39.9 Å². The Bertz CT molecular complexity index is 247. The first-order valence-electron chi connectivity index (χ1n) is 3.21. The summed E-state index contributed by atoms with van der Waals surface area (Å²) in [5, 5.41) is 11.5. The largest absolute Gasteiger partial charge is 0.289 e. The Labute approximate surface area is 69.9 Å². The molecule has 1 rings (SSSR count). The number of hydrogen-bond acceptors (Lipinski definition) is 4. The molecule has 1 heterocycles. The van der Waals surface area contributed by atoms with Crippen molar-refractivity contribution in [2.75, 3.05) is 14.1 Å². The van der Waals surface area contributed by atoms with Crippen molar-refractivity contribution in [2.45, 2.75) is 6.04 Å². The summed E-state index contributed by atoms with van der Waals surface area (Å²) < 4.78 is 0. The van der Waals surface area contributed by atoms with Gasteiger partial charge in [0.2, 0.25) is 0 Å². The Morgan fingerprint density at radius 2 is 2.45 bits per heavy atom. The molecule has 0 aromatic carbocycles. The second-order valence-corrected chi connectivity index (χ2v) is 3.29. The van der Waals surface area contributed by atoms with Crippen LogP contribution in [0.4, 0.5) is 0 Å². The summed E-state index contributed by atoms with van der Waals surface area (Å²) in [7, 11) is 3.74. The van der Waals surface area contributed by atoms with Crippen LogP contribution in [0.2, 0.25) is 0 Å². The number of nitriles is 1. The Kier molecular flexibility index (Phi) is 2.58. The lowest BCUT2D eigenvalue weighted by Gasteiger charge is -2.13. The Balaban J connectivity index is 2.82. The van der Waals surface area contributed by atoms with E-state index in [1.165, 1.54) is 11.3 Å². The van der Waals surface area contributed by atoms with Gasteiger partial charge in [-0.05, 0) is 14.1 Å². The van der Waals surface area contributed by atoms with Crippen molar-refractivity contribution in [1.29, 1.82) is 5.26 Å². The summed E-state index contributed by atoms with van der Waals surface area (Å²) in [6.07, 6.45) is 1.72. The quantitative estimate of drug-likeness (QED) is 0.666. The van der Waals surface area contributed by atoms with Gasteiger partial charge in [-0.2, -0.15) is 5.26 Å². The number of aromatic nitrogens is 1. The molecule has 3 nitrogen and oxygen atoms in total. The van der Waals surface area contributed by atoms with Gasteiger partial charge < -0.3 is 0 Å². The predicted molar refractivity (Wildman–Crippen MR) is 44.2 cm³/mol. The van der Waals surface area contributed by atoms with Crippen LogP contribution in [0.5, 0.6) is 0 Å². The molecule has 0 aliphatic carbocycles. The molecular weight excluding hydrogens is 158 g/mol. The lowest BCUT2D eigenvalue weighted by Crippen LogP contribution is -2.17. The van der Waals surface area contributed by atoms with Crippen molar-refractivity contribution in [2.24, 2.45) is 0 Å². The smallest absolute Gasteiger partial charge is 0.150 e. The van der Waals surface area contributed by atoms with Crippen LogP contribution in [0.15, 0.2) is 11.6 Å². The monoisotopic (exact) mass is 167 g/mol. The molecule has 1 aromatic heterocycles. The number of hydrogen-bond donors (Lipinski definition) is 0. The van der Waals surface area contributed by atoms with Crippen LogP contribution in [0, 0.1) is 11.3 Å². The maximum absolute atomic E-state index is 8.74. The van der Waals surface area contributed by atoms with E-state index in [0.717, 1.165) is 5.01 Å². The summed E-state index contributed by atoms with van der Waals surface area (Å²) in [6, 6.07) is 1.98. The zero-order chi connectivity index (χ0) is 8.27. The predicted octanol–water partition coefficient (Wildman–Crippen LogP) is 1.27. The average Bonchev–Trinajstić information content (AvgIpc) is 2.40. The standard InChI is InChI=1S/C7H9N3S/c1-10(2)6(5-8)7-9-3-4-11-7/h3-4,6H,1-2H3. The van der Waals surface area contributed by atoms with Crippen molar-refractivity contribution in [3.05, 3.63) is 16.6 Å². The van der Waals surface area contributed by atoms with Crippen molar-refractivity contribution in [3.8, 4) is 6.07 Å². The van der Waals surface area contributed by atoms with Crippen molar-refractivity contribution < 1.29 is 0 Å². The van der Waals surface area contributed by atoms with Gasteiger partial charge in [0, 0.05) is 11.6 Å². The lowest BCUT2D eigenvalue weighted by atomic mass is 10.3. The normalized spacial score (nSPS) is 12.9. The molecule has 0 saturated heterocycles. The first-order chi connectivity index (χ1) is 5.25. The van der Waals surface area contributed by atoms with Crippen LogP contribution < -0.4 is 0 Å². The second-order valence-electron chi connectivity index (χ2n) is 2.37. The Morgan fingerprint density at radius 3 is 2.82 bits per heavy atom. The molecule has 0 aliphatic rings. The van der Waals surface area contributed by atoms with Crippen LogP contribution in [0.1, 0.15) is 11.0 Å². The highest BCUT2D eigenvalue weighted by Crippen LogP contribution is 2.18. The summed E-state index contributed by atoms with van der Waals surface area (Å²) in [5.41, 5.74) is 0. The fraction of sp³-hybridized carbons (Fsp3) is 0.429. The van der Waals surface area contributed by atoms with Crippen LogP contribution in [-0.2, 0) is 0 Å². The van der Waals surface area contributed by atoms with Crippen molar-refractivity contribution >= 4 is 11.3 Å². The van der Waals surface area contributed by atoms with Crippen LogP contribution in [-0.4, -0.2) is 24.0 Å². The molecule has 0 saturated carbocycles. The van der Waals surface area contributed by atoms with Crippen LogP contribution >= 0.6 is 11.3 Å². The summed E-state index contributed by atoms with van der Waals surface area (Å²) in [4.78, 5) is 5.91. The van der Waals surface area contributed by atoms with Gasteiger partial charge in [-0.25, -0.2) is 4.98 Å². The van der Waals surface area contributed by atoms with Crippen molar-refractivity contribution in [1.82, 2.24) is 9.88 Å². The molecule has 0 spiro atoms. The highest BCUT2D eigenvalue weighted by atomic mass is 32.1. The fourth-order valence-corrected chi connectivity index (χ4v) is 1.54. The van der Waals surface area contributed by atoms with E-state index in [-0.39, 0.29) is 6.04 Å². The SMILES string of the molecule is CN(C)C(C#N)c1nccs1. The minimum absolute atomic E-state index is 0.199. The minimum Gasteiger partial charge on any atom is -0.289 e. The maximum Gasteiger partial charge on any atom is 0.150 e. The Hall–Kier alpha value is -0.920. The number of nitrogens with zero attached hydrogens (tertiary/aromatic N) is 3. The van der Waals surface area contributed by atoms with Gasteiger partial charge in [0.05, 0.1) is 6.07 Å². The summed E-state index contributed by atoms with van der Waals surface area (Å²) >= 11 is 1.51. The molecule has 0 bridgehead atoms. The Morgan fingerprint density at radius 1 is 1.73 bits per heavy atom. The average molecular weight is 167 g/mol. The summed E-state index contributed by atoms with van der Waals surface area (Å²) in [6.45, 7) is 0. The first kappa shape index (κ1) is 8.18. The highest BCUT2D eigenvalue weighted by Gasteiger charge is 2.14. The van der Waals surface area contributed by atoms with Gasteiger partial charge in [-0.3, -0.25) is 4.90 Å². The van der Waals surface area contributed by atoms with E-state index in [2.05, 4.69) is 11.1 Å². The first-order valence-corrected chi connectivity index (χ1v) is 4.09. The molecule has 0 radical (unpaired) electrons. The molecule has 4 heteroatoms. The van der Waals surface area contributed by atoms with E-state index in [4.69, 9.17) is 5.26 Å². The maximum atomic E-state index is 8.74. The molecule has 0 fully saturated rings. The third kappa shape index (κ3) is 1.76. The van der Waals surface area contributed by atoms with Crippen molar-refractivity contribution in [3.63, 3.8) is 0 Å². The molecule has 1 aromatic rings. The van der Waals surface area contributed by atoms with Gasteiger partial charge in [0.25, 0.3) is 0 Å². The van der Waals surface area contributed by atoms with Gasteiger partial charge in [0.1, 0.15) is 11.0 Å². The number of rotatable bonds is 2. The molecule has 0 amide bonds. The molecule has 11 heavy (non-hydrogen) atoms. The molecular formula is C7H9N3S. The van der Waals surface area contributed by atoms with Gasteiger partial charge in [0.15, 0.2) is 0 Å². The van der Waals surface area contributed by atoms with E-state index < -0.39 is 0 Å². The molecule has 1 unspecified atom stereocenters. The summed E-state index contributed by atoms with van der Waals surface area (Å²) in [5.74, 6) is 0. The molecule has 0 aliphatic heterocycles. The van der Waals surface area contributed by atoms with Gasteiger partial charge >= 0.3 is 0 Å². The van der Waals surface area contributed by atoms with E-state index in [0.29, 0.717) is 0 Å². The third-order valence-electron chi connectivity index (χ3n) is 1.32. The second kappa shape index (κ2) is 3.46. The number of thiazole rings is 1. The molecule has 1 atom stereocenters. The highest BCUT2D eigenvalue weighted by molar-refractivity contribution is 7.09. The van der Waals surface area contributed by atoms with Crippen LogP contribution in [0.25, 0.3) is 0 Å². The fourth-order valence-electron chi connectivity index (χ4n) is 0.761. The minimum atomic E-state index is -0.199. The third-order valence-corrected chi connectivity index (χ3v) is 2.15. The molecule has 58 valence electrons. The van der Waals surface area contributed by atoms with Crippen LogP contribution in [0.3, 0.4) is 0 Å². The van der Waals surface area contributed by atoms with Gasteiger partial charge in [-0.15, -0.1) is 11.3 Å². The van der Waals surface area contributed by atoms with E-state index in [1.54, 1.807) is 6.20 Å². The zero-order valence-corrected chi connectivity index (χ0v) is 7.30.